The third-order valence-electron chi connectivity index (χ3n) is 6.48. The lowest BCUT2D eigenvalue weighted by atomic mass is 9.96. The molecule has 0 unspecified atom stereocenters. The highest BCUT2D eigenvalue weighted by Crippen LogP contribution is 2.38. The molecule has 5 rings (SSSR count). The first-order valence-corrected chi connectivity index (χ1v) is 10.8. The van der Waals surface area contributed by atoms with Crippen LogP contribution in [0.15, 0.2) is 48.8 Å². The molecule has 3 atom stereocenters. The van der Waals surface area contributed by atoms with Gasteiger partial charge in [-0.2, -0.15) is 0 Å². The van der Waals surface area contributed by atoms with E-state index in [-0.39, 0.29) is 29.8 Å². The van der Waals surface area contributed by atoms with Crippen molar-refractivity contribution in [2.45, 2.75) is 43.8 Å². The van der Waals surface area contributed by atoms with E-state index < -0.39 is 5.91 Å². The molecule has 1 aromatic carbocycles. The first-order chi connectivity index (χ1) is 15.5. The summed E-state index contributed by atoms with van der Waals surface area (Å²) in [5.74, 6) is -0.841. The first kappa shape index (κ1) is 20.2. The minimum absolute atomic E-state index is 0.0185. The van der Waals surface area contributed by atoms with E-state index in [1.54, 1.807) is 30.5 Å². The Morgan fingerprint density at radius 2 is 1.88 bits per heavy atom. The van der Waals surface area contributed by atoms with Gasteiger partial charge in [0, 0.05) is 42.0 Å². The SMILES string of the molecule is NC(=O)c1cnc2[nH]ccc2c1N[C@@H]1C[C@H]2CC[C@@H](C1)N2C(=O)/C=C/c1ccc(F)cc1. The summed E-state index contributed by atoms with van der Waals surface area (Å²) in [6.45, 7) is 0. The van der Waals surface area contributed by atoms with Gasteiger partial charge in [-0.1, -0.05) is 12.1 Å². The van der Waals surface area contributed by atoms with Crippen LogP contribution in [0.2, 0.25) is 0 Å². The predicted molar refractivity (Wildman–Crippen MR) is 120 cm³/mol. The summed E-state index contributed by atoms with van der Waals surface area (Å²) < 4.78 is 13.1. The molecule has 164 valence electrons. The molecule has 8 heteroatoms. The van der Waals surface area contributed by atoms with Crippen LogP contribution in [0.4, 0.5) is 10.1 Å². The Morgan fingerprint density at radius 1 is 1.16 bits per heavy atom. The summed E-state index contributed by atoms with van der Waals surface area (Å²) in [5, 5.41) is 4.36. The molecule has 2 amide bonds. The van der Waals surface area contributed by atoms with Gasteiger partial charge < -0.3 is 20.9 Å². The summed E-state index contributed by atoms with van der Waals surface area (Å²) >= 11 is 0. The minimum Gasteiger partial charge on any atom is -0.381 e. The minimum atomic E-state index is -0.524. The number of H-pyrrole nitrogens is 1. The van der Waals surface area contributed by atoms with Gasteiger partial charge in [0.2, 0.25) is 5.91 Å². The van der Waals surface area contributed by atoms with Gasteiger partial charge in [-0.25, -0.2) is 9.37 Å². The lowest BCUT2D eigenvalue weighted by molar-refractivity contribution is -0.130. The number of fused-ring (bicyclic) bond motifs is 3. The molecular weight excluding hydrogens is 409 g/mol. The molecule has 2 aromatic heterocycles. The number of hydrogen-bond donors (Lipinski definition) is 3. The zero-order valence-corrected chi connectivity index (χ0v) is 17.4. The van der Waals surface area contributed by atoms with Gasteiger partial charge in [0.1, 0.15) is 11.5 Å². The van der Waals surface area contributed by atoms with Gasteiger partial charge in [0.05, 0.1) is 11.3 Å². The second-order valence-corrected chi connectivity index (χ2v) is 8.48. The number of nitrogens with two attached hydrogens (primary N) is 1. The quantitative estimate of drug-likeness (QED) is 0.536. The molecular formula is C24H24FN5O2. The van der Waals surface area contributed by atoms with Crippen LogP contribution in [0.3, 0.4) is 0 Å². The number of aromatic nitrogens is 2. The van der Waals surface area contributed by atoms with Crippen molar-refractivity contribution in [2.75, 3.05) is 5.32 Å². The van der Waals surface area contributed by atoms with E-state index in [1.807, 2.05) is 11.0 Å². The molecule has 0 radical (unpaired) electrons. The number of halogens is 1. The number of piperidine rings is 1. The van der Waals surface area contributed by atoms with E-state index in [0.717, 1.165) is 36.6 Å². The third kappa shape index (κ3) is 3.72. The van der Waals surface area contributed by atoms with Crippen LogP contribution in [0.1, 0.15) is 41.6 Å². The van der Waals surface area contributed by atoms with Gasteiger partial charge in [-0.15, -0.1) is 0 Å². The van der Waals surface area contributed by atoms with Crippen molar-refractivity contribution in [1.82, 2.24) is 14.9 Å². The Bertz CT molecular complexity index is 1190. The maximum atomic E-state index is 13.1. The monoisotopic (exact) mass is 433 g/mol. The van der Waals surface area contributed by atoms with E-state index in [1.165, 1.54) is 18.3 Å². The zero-order valence-electron chi connectivity index (χ0n) is 17.4. The molecule has 2 aliphatic rings. The molecule has 2 bridgehead atoms. The Balaban J connectivity index is 1.32. The normalized spacial score (nSPS) is 22.5. The largest absolute Gasteiger partial charge is 0.381 e. The number of carbonyl (C=O) groups is 2. The highest BCUT2D eigenvalue weighted by atomic mass is 19.1. The van der Waals surface area contributed by atoms with Crippen molar-refractivity contribution in [3.63, 3.8) is 0 Å². The van der Waals surface area contributed by atoms with Crippen LogP contribution >= 0.6 is 0 Å². The van der Waals surface area contributed by atoms with Crippen molar-refractivity contribution in [1.29, 1.82) is 0 Å². The molecule has 3 aromatic rings. The Hall–Kier alpha value is -3.68. The van der Waals surface area contributed by atoms with E-state index in [4.69, 9.17) is 5.73 Å². The number of nitrogens with zero attached hydrogens (tertiary/aromatic N) is 2. The molecule has 2 saturated heterocycles. The van der Waals surface area contributed by atoms with Crippen molar-refractivity contribution >= 4 is 34.6 Å². The van der Waals surface area contributed by atoms with Gasteiger partial charge >= 0.3 is 0 Å². The number of pyridine rings is 1. The number of anilines is 1. The van der Waals surface area contributed by atoms with Gasteiger partial charge in [-0.05, 0) is 55.5 Å². The average Bonchev–Trinajstić information content (AvgIpc) is 3.36. The van der Waals surface area contributed by atoms with Crippen molar-refractivity contribution < 1.29 is 14.0 Å². The van der Waals surface area contributed by atoms with Gasteiger partial charge in [-0.3, -0.25) is 9.59 Å². The molecule has 2 fully saturated rings. The van der Waals surface area contributed by atoms with Crippen molar-refractivity contribution in [3.05, 3.63) is 65.7 Å². The maximum Gasteiger partial charge on any atom is 0.252 e. The molecule has 0 saturated carbocycles. The highest BCUT2D eigenvalue weighted by Gasteiger charge is 2.42. The summed E-state index contributed by atoms with van der Waals surface area (Å²) in [4.78, 5) is 34.2. The van der Waals surface area contributed by atoms with Crippen molar-refractivity contribution in [2.24, 2.45) is 5.73 Å². The second-order valence-electron chi connectivity index (χ2n) is 8.48. The summed E-state index contributed by atoms with van der Waals surface area (Å²) in [6, 6.07) is 8.33. The number of nitrogens with one attached hydrogen (secondary N) is 2. The fourth-order valence-electron chi connectivity index (χ4n) is 5.04. The predicted octanol–water partition coefficient (Wildman–Crippen LogP) is 3.45. The maximum absolute atomic E-state index is 13.1. The number of aromatic amines is 1. The topological polar surface area (TPSA) is 104 Å². The lowest BCUT2D eigenvalue weighted by Gasteiger charge is -2.39. The fraction of sp³-hybridized carbons (Fsp3) is 0.292. The first-order valence-electron chi connectivity index (χ1n) is 10.8. The number of rotatable bonds is 5. The van der Waals surface area contributed by atoms with Gasteiger partial charge in [0.25, 0.3) is 5.91 Å². The fourth-order valence-corrected chi connectivity index (χ4v) is 5.04. The van der Waals surface area contributed by atoms with Gasteiger partial charge in [0.15, 0.2) is 0 Å². The van der Waals surface area contributed by atoms with Crippen LogP contribution in [-0.2, 0) is 4.79 Å². The molecule has 0 spiro atoms. The molecule has 2 aliphatic heterocycles. The number of benzene rings is 1. The van der Waals surface area contributed by atoms with Crippen molar-refractivity contribution in [3.8, 4) is 0 Å². The van der Waals surface area contributed by atoms with E-state index in [0.29, 0.717) is 16.9 Å². The molecule has 7 nitrogen and oxygen atoms in total. The zero-order chi connectivity index (χ0) is 22.2. The Kier molecular flexibility index (Phi) is 5.13. The summed E-state index contributed by atoms with van der Waals surface area (Å²) in [6.07, 6.45) is 10.1. The smallest absolute Gasteiger partial charge is 0.252 e. The van der Waals surface area contributed by atoms with Crippen LogP contribution < -0.4 is 11.1 Å². The Morgan fingerprint density at radius 3 is 2.56 bits per heavy atom. The molecule has 32 heavy (non-hydrogen) atoms. The summed E-state index contributed by atoms with van der Waals surface area (Å²) in [7, 11) is 0. The van der Waals surface area contributed by atoms with Crippen LogP contribution in [0.25, 0.3) is 17.1 Å². The second kappa shape index (κ2) is 8.11. The average molecular weight is 433 g/mol. The molecule has 4 heterocycles. The number of hydrogen-bond acceptors (Lipinski definition) is 4. The lowest BCUT2D eigenvalue weighted by Crippen LogP contribution is -2.49. The highest BCUT2D eigenvalue weighted by molar-refractivity contribution is 6.06. The van der Waals surface area contributed by atoms with Crippen LogP contribution in [0, 0.1) is 5.82 Å². The molecule has 4 N–H and O–H groups in total. The number of amides is 2. The molecule has 0 aliphatic carbocycles. The number of primary amides is 1. The van der Waals surface area contributed by atoms with Crippen LogP contribution in [0.5, 0.6) is 0 Å². The Labute approximate surface area is 184 Å². The number of carbonyl (C=O) groups excluding carboxylic acids is 2. The van der Waals surface area contributed by atoms with E-state index in [2.05, 4.69) is 15.3 Å². The standard InChI is InChI=1S/C24H24FN5O2/c25-15-4-1-14(2-5-15)3-8-21(31)30-17-6-7-18(30)12-16(11-17)29-22-19-9-10-27-24(19)28-13-20(22)23(26)32/h1-5,8-10,13,16-18H,6-7,11-12H2,(H2,26,32)(H2,27,28,29)/b8-3+/t16-,17-,18+. The van der Waals surface area contributed by atoms with Crippen LogP contribution in [-0.4, -0.2) is 44.8 Å². The third-order valence-corrected chi connectivity index (χ3v) is 6.48. The summed E-state index contributed by atoms with van der Waals surface area (Å²) in [5.41, 5.74) is 8.13. The van der Waals surface area contributed by atoms with E-state index in [9.17, 15) is 14.0 Å². The van der Waals surface area contributed by atoms with E-state index >= 15 is 0 Å².